The zero-order valence-corrected chi connectivity index (χ0v) is 12.5. The molecule has 0 fully saturated rings. The molecule has 2 N–H and O–H groups in total. The molecule has 0 bridgehead atoms. The minimum absolute atomic E-state index is 0.0686. The lowest BCUT2D eigenvalue weighted by Crippen LogP contribution is -2.24. The van der Waals surface area contributed by atoms with E-state index < -0.39 is 0 Å². The number of esters is 1. The van der Waals surface area contributed by atoms with Gasteiger partial charge in [-0.2, -0.15) is 0 Å². The van der Waals surface area contributed by atoms with Crippen LogP contribution in [-0.2, 0) is 16.0 Å². The Labute approximate surface area is 124 Å². The van der Waals surface area contributed by atoms with Gasteiger partial charge in [0.05, 0.1) is 14.2 Å². The highest BCUT2D eigenvalue weighted by molar-refractivity contribution is 5.91. The Bertz CT molecular complexity index is 624. The highest BCUT2D eigenvalue weighted by atomic mass is 16.5. The number of ether oxygens (including phenoxy) is 2. The summed E-state index contributed by atoms with van der Waals surface area (Å²) in [5.74, 6) is 0.641. The Kier molecular flexibility index (Phi) is 5.17. The standard InChI is InChI=1S/C17H21NO3/c1-20-16-9-7-12(14-5-3-4-6-15(14)16)11-13(18)8-10-17(19)21-2/h3-7,9,13H,8,10-11,18H2,1-2H3. The van der Waals surface area contributed by atoms with E-state index in [-0.39, 0.29) is 12.0 Å². The number of hydrogen-bond acceptors (Lipinski definition) is 4. The zero-order chi connectivity index (χ0) is 15.2. The maximum atomic E-state index is 11.2. The van der Waals surface area contributed by atoms with Crippen molar-refractivity contribution in [2.45, 2.75) is 25.3 Å². The predicted octanol–water partition coefficient (Wildman–Crippen LogP) is 2.67. The van der Waals surface area contributed by atoms with Gasteiger partial charge < -0.3 is 15.2 Å². The fourth-order valence-corrected chi connectivity index (χ4v) is 2.48. The molecule has 0 aliphatic carbocycles. The average molecular weight is 287 g/mol. The first-order valence-corrected chi connectivity index (χ1v) is 7.02. The molecule has 0 aliphatic rings. The lowest BCUT2D eigenvalue weighted by molar-refractivity contribution is -0.140. The van der Waals surface area contributed by atoms with Crippen LogP contribution in [0.15, 0.2) is 36.4 Å². The summed E-state index contributed by atoms with van der Waals surface area (Å²) in [6.07, 6.45) is 1.69. The summed E-state index contributed by atoms with van der Waals surface area (Å²) in [5, 5.41) is 2.23. The van der Waals surface area contributed by atoms with Crippen molar-refractivity contribution in [2.24, 2.45) is 5.73 Å². The highest BCUT2D eigenvalue weighted by Crippen LogP contribution is 2.29. The van der Waals surface area contributed by atoms with Crippen molar-refractivity contribution in [3.63, 3.8) is 0 Å². The van der Waals surface area contributed by atoms with E-state index in [0.29, 0.717) is 12.8 Å². The number of benzene rings is 2. The normalized spacial score (nSPS) is 12.1. The molecule has 4 heteroatoms. The van der Waals surface area contributed by atoms with Crippen LogP contribution in [-0.4, -0.2) is 26.2 Å². The monoisotopic (exact) mass is 287 g/mol. The summed E-state index contributed by atoms with van der Waals surface area (Å²) >= 11 is 0. The van der Waals surface area contributed by atoms with E-state index in [4.69, 9.17) is 10.5 Å². The molecule has 0 aliphatic heterocycles. The Balaban J connectivity index is 2.17. The molecule has 21 heavy (non-hydrogen) atoms. The molecule has 0 heterocycles. The van der Waals surface area contributed by atoms with Gasteiger partial charge >= 0.3 is 5.97 Å². The van der Waals surface area contributed by atoms with Crippen LogP contribution in [0.4, 0.5) is 0 Å². The van der Waals surface area contributed by atoms with Gasteiger partial charge in [-0.1, -0.05) is 30.3 Å². The fraction of sp³-hybridized carbons (Fsp3) is 0.353. The molecule has 0 spiro atoms. The summed E-state index contributed by atoms with van der Waals surface area (Å²) in [7, 11) is 3.06. The number of nitrogens with two attached hydrogens (primary N) is 1. The van der Waals surface area contributed by atoms with Crippen LogP contribution in [0.2, 0.25) is 0 Å². The van der Waals surface area contributed by atoms with Crippen molar-refractivity contribution in [3.8, 4) is 5.75 Å². The summed E-state index contributed by atoms with van der Waals surface area (Å²) in [4.78, 5) is 11.2. The van der Waals surface area contributed by atoms with E-state index in [1.165, 1.54) is 12.7 Å². The van der Waals surface area contributed by atoms with Crippen molar-refractivity contribution in [1.29, 1.82) is 0 Å². The largest absolute Gasteiger partial charge is 0.496 e. The van der Waals surface area contributed by atoms with Crippen molar-refractivity contribution in [2.75, 3.05) is 14.2 Å². The third kappa shape index (κ3) is 3.73. The molecule has 0 saturated heterocycles. The fourth-order valence-electron chi connectivity index (χ4n) is 2.48. The number of hydrogen-bond donors (Lipinski definition) is 1. The maximum absolute atomic E-state index is 11.2. The first kappa shape index (κ1) is 15.3. The van der Waals surface area contributed by atoms with Crippen LogP contribution >= 0.6 is 0 Å². The van der Waals surface area contributed by atoms with Gasteiger partial charge in [-0.25, -0.2) is 0 Å². The molecule has 0 amide bonds. The third-order valence-electron chi connectivity index (χ3n) is 3.62. The topological polar surface area (TPSA) is 61.5 Å². The summed E-state index contributed by atoms with van der Waals surface area (Å²) in [6, 6.07) is 12.0. The zero-order valence-electron chi connectivity index (χ0n) is 12.5. The quantitative estimate of drug-likeness (QED) is 0.830. The van der Waals surface area contributed by atoms with Crippen LogP contribution < -0.4 is 10.5 Å². The molecule has 0 radical (unpaired) electrons. The molecule has 1 atom stereocenters. The predicted molar refractivity (Wildman–Crippen MR) is 83.4 cm³/mol. The van der Waals surface area contributed by atoms with Gasteiger partial charge in [-0.3, -0.25) is 4.79 Å². The number of fused-ring (bicyclic) bond motifs is 1. The molecule has 112 valence electrons. The molecule has 0 aromatic heterocycles. The van der Waals surface area contributed by atoms with Gasteiger partial charge in [0.25, 0.3) is 0 Å². The second-order valence-electron chi connectivity index (χ2n) is 5.05. The summed E-state index contributed by atoms with van der Waals surface area (Å²) < 4.78 is 10.0. The Morgan fingerprint density at radius 3 is 2.52 bits per heavy atom. The Morgan fingerprint density at radius 1 is 1.14 bits per heavy atom. The van der Waals surface area contributed by atoms with Gasteiger partial charge in [0.1, 0.15) is 5.75 Å². The second-order valence-corrected chi connectivity index (χ2v) is 5.05. The maximum Gasteiger partial charge on any atom is 0.305 e. The van der Waals surface area contributed by atoms with Crippen LogP contribution in [0.3, 0.4) is 0 Å². The van der Waals surface area contributed by atoms with Crippen molar-refractivity contribution in [3.05, 3.63) is 42.0 Å². The van der Waals surface area contributed by atoms with Gasteiger partial charge in [-0.15, -0.1) is 0 Å². The number of methoxy groups -OCH3 is 2. The van der Waals surface area contributed by atoms with E-state index in [1.807, 2.05) is 30.3 Å². The number of rotatable bonds is 6. The third-order valence-corrected chi connectivity index (χ3v) is 3.62. The van der Waals surface area contributed by atoms with E-state index in [0.717, 1.165) is 22.9 Å². The number of carbonyl (C=O) groups is 1. The van der Waals surface area contributed by atoms with E-state index >= 15 is 0 Å². The molecule has 2 aromatic carbocycles. The molecule has 2 rings (SSSR count). The lowest BCUT2D eigenvalue weighted by atomic mass is 9.96. The Hall–Kier alpha value is -2.07. The van der Waals surface area contributed by atoms with E-state index in [1.54, 1.807) is 7.11 Å². The molecule has 0 saturated carbocycles. The van der Waals surface area contributed by atoms with E-state index in [9.17, 15) is 4.79 Å². The van der Waals surface area contributed by atoms with Crippen LogP contribution in [0.1, 0.15) is 18.4 Å². The SMILES string of the molecule is COC(=O)CCC(N)Cc1ccc(OC)c2ccccc12. The minimum atomic E-state index is -0.218. The molecule has 2 aromatic rings. The van der Waals surface area contributed by atoms with Crippen LogP contribution in [0, 0.1) is 0 Å². The summed E-state index contributed by atoms with van der Waals surface area (Å²) in [5.41, 5.74) is 7.30. The molecule has 1 unspecified atom stereocenters. The van der Waals surface area contributed by atoms with Crippen LogP contribution in [0.25, 0.3) is 10.8 Å². The smallest absolute Gasteiger partial charge is 0.305 e. The van der Waals surface area contributed by atoms with Gasteiger partial charge in [-0.05, 0) is 29.9 Å². The van der Waals surface area contributed by atoms with Gasteiger partial charge in [0.15, 0.2) is 0 Å². The first-order chi connectivity index (χ1) is 10.2. The molecular formula is C17H21NO3. The highest BCUT2D eigenvalue weighted by Gasteiger charge is 2.11. The van der Waals surface area contributed by atoms with E-state index in [2.05, 4.69) is 10.8 Å². The molecular weight excluding hydrogens is 266 g/mol. The van der Waals surface area contributed by atoms with Crippen molar-refractivity contribution in [1.82, 2.24) is 0 Å². The van der Waals surface area contributed by atoms with Crippen molar-refractivity contribution >= 4 is 16.7 Å². The van der Waals surface area contributed by atoms with Crippen LogP contribution in [0.5, 0.6) is 5.75 Å². The second kappa shape index (κ2) is 7.09. The Morgan fingerprint density at radius 2 is 1.86 bits per heavy atom. The first-order valence-electron chi connectivity index (χ1n) is 7.02. The average Bonchev–Trinajstić information content (AvgIpc) is 2.53. The molecule has 4 nitrogen and oxygen atoms in total. The summed E-state index contributed by atoms with van der Waals surface area (Å²) in [6.45, 7) is 0. The number of carbonyl (C=O) groups excluding carboxylic acids is 1. The van der Waals surface area contributed by atoms with Crippen molar-refractivity contribution < 1.29 is 14.3 Å². The van der Waals surface area contributed by atoms with Gasteiger partial charge in [0, 0.05) is 17.8 Å². The van der Waals surface area contributed by atoms with Gasteiger partial charge in [0.2, 0.25) is 0 Å². The lowest BCUT2D eigenvalue weighted by Gasteiger charge is -2.14. The minimum Gasteiger partial charge on any atom is -0.496 e.